The van der Waals surface area contributed by atoms with Crippen LogP contribution in [0.1, 0.15) is 39.0 Å². The summed E-state index contributed by atoms with van der Waals surface area (Å²) in [7, 11) is 0. The quantitative estimate of drug-likeness (QED) is 0.636. The summed E-state index contributed by atoms with van der Waals surface area (Å²) >= 11 is 1.82. The van der Waals surface area contributed by atoms with Crippen LogP contribution in [-0.4, -0.2) is 46.5 Å². The van der Waals surface area contributed by atoms with Crippen molar-refractivity contribution in [2.24, 2.45) is 0 Å². The van der Waals surface area contributed by atoms with Crippen molar-refractivity contribution in [2.75, 3.05) is 18.9 Å². The Kier molecular flexibility index (Phi) is 7.45. The standard InChI is InChI=1S/C12H25NO2S/c1-2-6-13-10-4-3-5-12(7-10)16-9-11(15)8-14/h10-15H,2-9H2,1H3. The lowest BCUT2D eigenvalue weighted by Gasteiger charge is -2.29. The molecule has 0 aromatic carbocycles. The second-order valence-electron chi connectivity index (χ2n) is 4.61. The number of hydrogen-bond donors (Lipinski definition) is 3. The van der Waals surface area contributed by atoms with Gasteiger partial charge in [0.25, 0.3) is 0 Å². The molecule has 0 saturated heterocycles. The first-order chi connectivity index (χ1) is 7.76. The van der Waals surface area contributed by atoms with Crippen molar-refractivity contribution in [3.63, 3.8) is 0 Å². The van der Waals surface area contributed by atoms with Gasteiger partial charge in [-0.05, 0) is 32.2 Å². The van der Waals surface area contributed by atoms with E-state index in [4.69, 9.17) is 5.11 Å². The zero-order valence-corrected chi connectivity index (χ0v) is 11.0. The van der Waals surface area contributed by atoms with E-state index in [0.717, 1.165) is 6.54 Å². The maximum absolute atomic E-state index is 9.31. The third-order valence-corrected chi connectivity index (χ3v) is 4.52. The number of aliphatic hydroxyl groups is 2. The lowest BCUT2D eigenvalue weighted by molar-refractivity contribution is 0.113. The first-order valence-corrected chi connectivity index (χ1v) is 7.45. The first kappa shape index (κ1) is 14.3. The molecule has 4 heteroatoms. The zero-order chi connectivity index (χ0) is 11.8. The summed E-state index contributed by atoms with van der Waals surface area (Å²) < 4.78 is 0. The summed E-state index contributed by atoms with van der Waals surface area (Å²) in [6.07, 6.45) is 5.69. The van der Waals surface area contributed by atoms with Crippen molar-refractivity contribution in [2.45, 2.75) is 56.4 Å². The molecule has 0 spiro atoms. The minimum atomic E-state index is -0.547. The van der Waals surface area contributed by atoms with E-state index in [9.17, 15) is 5.11 Å². The van der Waals surface area contributed by atoms with Gasteiger partial charge in [0.05, 0.1) is 12.7 Å². The van der Waals surface area contributed by atoms with E-state index < -0.39 is 6.10 Å². The van der Waals surface area contributed by atoms with Crippen LogP contribution in [0, 0.1) is 0 Å². The SMILES string of the molecule is CCCNC1CCCC(SCC(O)CO)C1. The Balaban J connectivity index is 2.17. The highest BCUT2D eigenvalue weighted by Gasteiger charge is 2.22. The molecule has 0 aromatic heterocycles. The highest BCUT2D eigenvalue weighted by molar-refractivity contribution is 7.99. The summed E-state index contributed by atoms with van der Waals surface area (Å²) in [5.41, 5.74) is 0. The highest BCUT2D eigenvalue weighted by atomic mass is 32.2. The molecule has 0 aliphatic heterocycles. The molecule has 96 valence electrons. The normalized spacial score (nSPS) is 27.9. The van der Waals surface area contributed by atoms with Crippen molar-refractivity contribution in [1.82, 2.24) is 5.32 Å². The molecule has 1 fully saturated rings. The van der Waals surface area contributed by atoms with Gasteiger partial charge in [-0.25, -0.2) is 0 Å². The van der Waals surface area contributed by atoms with Gasteiger partial charge in [0, 0.05) is 17.0 Å². The number of nitrogens with one attached hydrogen (secondary N) is 1. The largest absolute Gasteiger partial charge is 0.394 e. The second-order valence-corrected chi connectivity index (χ2v) is 5.94. The van der Waals surface area contributed by atoms with Crippen LogP contribution in [0.2, 0.25) is 0 Å². The summed E-state index contributed by atoms with van der Waals surface area (Å²) in [4.78, 5) is 0. The van der Waals surface area contributed by atoms with Crippen LogP contribution in [0.4, 0.5) is 0 Å². The molecule has 0 aromatic rings. The Morgan fingerprint density at radius 3 is 2.94 bits per heavy atom. The van der Waals surface area contributed by atoms with Gasteiger partial charge in [0.15, 0.2) is 0 Å². The molecule has 0 radical (unpaired) electrons. The Labute approximate surface area is 103 Å². The summed E-state index contributed by atoms with van der Waals surface area (Å²) in [5.74, 6) is 0.668. The van der Waals surface area contributed by atoms with Crippen LogP contribution >= 0.6 is 11.8 Å². The minimum Gasteiger partial charge on any atom is -0.394 e. The fraction of sp³-hybridized carbons (Fsp3) is 1.00. The lowest BCUT2D eigenvalue weighted by atomic mass is 9.95. The molecule has 1 saturated carbocycles. The van der Waals surface area contributed by atoms with Crippen molar-refractivity contribution >= 4 is 11.8 Å². The molecule has 1 rings (SSSR count). The second kappa shape index (κ2) is 8.34. The van der Waals surface area contributed by atoms with Crippen LogP contribution in [0.5, 0.6) is 0 Å². The maximum atomic E-state index is 9.31. The number of aliphatic hydroxyl groups excluding tert-OH is 2. The Bertz CT molecular complexity index is 180. The topological polar surface area (TPSA) is 52.5 Å². The smallest absolute Gasteiger partial charge is 0.0861 e. The molecule has 3 unspecified atom stereocenters. The Morgan fingerprint density at radius 1 is 1.44 bits per heavy atom. The third kappa shape index (κ3) is 5.53. The van der Waals surface area contributed by atoms with Crippen molar-refractivity contribution in [3.8, 4) is 0 Å². The molecule has 1 aliphatic carbocycles. The molecular formula is C12H25NO2S. The average molecular weight is 247 g/mol. The summed E-state index contributed by atoms with van der Waals surface area (Å²) in [6, 6.07) is 0.664. The number of thioether (sulfide) groups is 1. The number of rotatable bonds is 7. The molecule has 1 aliphatic rings. The van der Waals surface area contributed by atoms with E-state index in [1.807, 2.05) is 11.8 Å². The lowest BCUT2D eigenvalue weighted by Crippen LogP contribution is -2.36. The van der Waals surface area contributed by atoms with E-state index in [2.05, 4.69) is 12.2 Å². The molecule has 0 heterocycles. The van der Waals surface area contributed by atoms with Gasteiger partial charge in [-0.1, -0.05) is 13.3 Å². The Hall–Kier alpha value is 0.230. The van der Waals surface area contributed by atoms with E-state index >= 15 is 0 Å². The number of hydrogen-bond acceptors (Lipinski definition) is 4. The van der Waals surface area contributed by atoms with Crippen LogP contribution in [0.3, 0.4) is 0 Å². The van der Waals surface area contributed by atoms with Crippen molar-refractivity contribution < 1.29 is 10.2 Å². The monoisotopic (exact) mass is 247 g/mol. The van der Waals surface area contributed by atoms with Gasteiger partial charge < -0.3 is 15.5 Å². The van der Waals surface area contributed by atoms with Gasteiger partial charge in [0.2, 0.25) is 0 Å². The third-order valence-electron chi connectivity index (χ3n) is 3.04. The first-order valence-electron chi connectivity index (χ1n) is 6.40. The van der Waals surface area contributed by atoms with E-state index in [1.54, 1.807) is 0 Å². The van der Waals surface area contributed by atoms with Gasteiger partial charge in [-0.3, -0.25) is 0 Å². The van der Waals surface area contributed by atoms with Crippen molar-refractivity contribution in [3.05, 3.63) is 0 Å². The van der Waals surface area contributed by atoms with Gasteiger partial charge >= 0.3 is 0 Å². The van der Waals surface area contributed by atoms with Crippen LogP contribution < -0.4 is 5.32 Å². The predicted octanol–water partition coefficient (Wildman–Crippen LogP) is 1.38. The maximum Gasteiger partial charge on any atom is 0.0861 e. The molecule has 3 atom stereocenters. The van der Waals surface area contributed by atoms with Crippen LogP contribution in [-0.2, 0) is 0 Å². The van der Waals surface area contributed by atoms with E-state index in [0.29, 0.717) is 17.0 Å². The molecular weight excluding hydrogens is 222 g/mol. The fourth-order valence-electron chi connectivity index (χ4n) is 2.13. The van der Waals surface area contributed by atoms with Gasteiger partial charge in [0.1, 0.15) is 0 Å². The van der Waals surface area contributed by atoms with E-state index in [1.165, 1.54) is 32.1 Å². The minimum absolute atomic E-state index is 0.114. The van der Waals surface area contributed by atoms with Crippen LogP contribution in [0.25, 0.3) is 0 Å². The summed E-state index contributed by atoms with van der Waals surface area (Å²) in [6.45, 7) is 3.19. The molecule has 3 N–H and O–H groups in total. The zero-order valence-electron chi connectivity index (χ0n) is 10.2. The highest BCUT2D eigenvalue weighted by Crippen LogP contribution is 2.28. The van der Waals surface area contributed by atoms with Gasteiger partial charge in [-0.2, -0.15) is 11.8 Å². The van der Waals surface area contributed by atoms with Gasteiger partial charge in [-0.15, -0.1) is 0 Å². The summed E-state index contributed by atoms with van der Waals surface area (Å²) in [5, 5.41) is 22.3. The Morgan fingerprint density at radius 2 is 2.25 bits per heavy atom. The molecule has 0 amide bonds. The fourth-order valence-corrected chi connectivity index (χ4v) is 3.43. The van der Waals surface area contributed by atoms with E-state index in [-0.39, 0.29) is 6.61 Å². The molecule has 3 nitrogen and oxygen atoms in total. The predicted molar refractivity (Wildman–Crippen MR) is 69.9 cm³/mol. The van der Waals surface area contributed by atoms with Crippen molar-refractivity contribution in [1.29, 1.82) is 0 Å². The van der Waals surface area contributed by atoms with Crippen LogP contribution in [0.15, 0.2) is 0 Å². The molecule has 0 bridgehead atoms. The molecule has 16 heavy (non-hydrogen) atoms. The average Bonchev–Trinajstić information content (AvgIpc) is 2.34.